The molecular weight excluding hydrogens is 194 g/mol. The molecule has 1 N–H and O–H groups in total. The van der Waals surface area contributed by atoms with Gasteiger partial charge in [0.25, 0.3) is 0 Å². The second-order valence-corrected chi connectivity index (χ2v) is 4.51. The molecule has 1 fully saturated rings. The Labute approximate surface area is 90.5 Å². The summed E-state index contributed by atoms with van der Waals surface area (Å²) in [7, 11) is 0. The molecule has 0 heterocycles. The van der Waals surface area contributed by atoms with E-state index in [4.69, 9.17) is 11.6 Å². The number of benzene rings is 1. The average molecular weight is 210 g/mol. The molecule has 0 radical (unpaired) electrons. The molecule has 1 aliphatic rings. The first-order valence-corrected chi connectivity index (χ1v) is 5.62. The van der Waals surface area contributed by atoms with E-state index >= 15 is 0 Å². The summed E-state index contributed by atoms with van der Waals surface area (Å²) in [6, 6.07) is 8.65. The molecule has 0 saturated heterocycles. The number of hydrogen-bond acceptors (Lipinski definition) is 1. The summed E-state index contributed by atoms with van der Waals surface area (Å²) < 4.78 is 0. The Kier molecular flexibility index (Phi) is 3.09. The van der Waals surface area contributed by atoms with Crippen LogP contribution in [0.2, 0.25) is 5.02 Å². The molecule has 0 spiro atoms. The molecule has 14 heavy (non-hydrogen) atoms. The predicted octanol–water partition coefficient (Wildman–Crippen LogP) is 3.23. The summed E-state index contributed by atoms with van der Waals surface area (Å²) in [4.78, 5) is 0. The van der Waals surface area contributed by atoms with Crippen LogP contribution in [0.5, 0.6) is 0 Å². The molecule has 1 aromatic carbocycles. The molecule has 0 bridgehead atoms. The first-order valence-electron chi connectivity index (χ1n) is 5.24. The van der Waals surface area contributed by atoms with Gasteiger partial charge >= 0.3 is 0 Å². The summed E-state index contributed by atoms with van der Waals surface area (Å²) in [5, 5.41) is 4.38. The third-order valence-corrected chi connectivity index (χ3v) is 3.27. The highest BCUT2D eigenvalue weighted by molar-refractivity contribution is 6.31. The molecule has 1 aliphatic carbocycles. The lowest BCUT2D eigenvalue weighted by molar-refractivity contribution is 0.496. The van der Waals surface area contributed by atoms with E-state index in [2.05, 4.69) is 18.3 Å². The van der Waals surface area contributed by atoms with E-state index < -0.39 is 0 Å². The largest absolute Gasteiger partial charge is 0.310 e. The maximum atomic E-state index is 6.06. The number of halogens is 1. The van der Waals surface area contributed by atoms with Gasteiger partial charge in [0.15, 0.2) is 0 Å². The summed E-state index contributed by atoms with van der Waals surface area (Å²) in [6.07, 6.45) is 2.77. The van der Waals surface area contributed by atoms with Gasteiger partial charge in [-0.15, -0.1) is 0 Å². The molecule has 0 amide bonds. The third-order valence-electron chi connectivity index (χ3n) is 2.90. The minimum absolute atomic E-state index is 0.631. The Hall–Kier alpha value is -0.530. The van der Waals surface area contributed by atoms with Crippen molar-refractivity contribution in [3.63, 3.8) is 0 Å². The van der Waals surface area contributed by atoms with Gasteiger partial charge in [0.1, 0.15) is 0 Å². The van der Waals surface area contributed by atoms with Gasteiger partial charge in [-0.25, -0.2) is 0 Å². The molecule has 2 rings (SSSR count). The Morgan fingerprint density at radius 1 is 1.43 bits per heavy atom. The summed E-state index contributed by atoms with van der Waals surface area (Å²) in [5.41, 5.74) is 1.20. The molecule has 1 unspecified atom stereocenters. The van der Waals surface area contributed by atoms with Crippen LogP contribution >= 0.6 is 11.6 Å². The van der Waals surface area contributed by atoms with Crippen LogP contribution in [0.25, 0.3) is 0 Å². The Balaban J connectivity index is 1.87. The molecule has 1 saturated carbocycles. The highest BCUT2D eigenvalue weighted by atomic mass is 35.5. The van der Waals surface area contributed by atoms with Crippen LogP contribution in [-0.2, 0) is 6.54 Å². The predicted molar refractivity (Wildman–Crippen MR) is 60.5 cm³/mol. The lowest BCUT2D eigenvalue weighted by Crippen LogP contribution is -2.27. The van der Waals surface area contributed by atoms with Gasteiger partial charge in [-0.3, -0.25) is 0 Å². The van der Waals surface area contributed by atoms with E-state index in [-0.39, 0.29) is 0 Å². The van der Waals surface area contributed by atoms with Crippen LogP contribution in [0, 0.1) is 5.92 Å². The molecule has 76 valence electrons. The second kappa shape index (κ2) is 4.33. The van der Waals surface area contributed by atoms with Gasteiger partial charge in [0, 0.05) is 17.6 Å². The van der Waals surface area contributed by atoms with E-state index in [9.17, 15) is 0 Å². The van der Waals surface area contributed by atoms with Crippen molar-refractivity contribution >= 4 is 11.6 Å². The zero-order valence-electron chi connectivity index (χ0n) is 8.46. The molecule has 1 nitrogen and oxygen atoms in total. The topological polar surface area (TPSA) is 12.0 Å². The van der Waals surface area contributed by atoms with Gasteiger partial charge in [0.05, 0.1) is 0 Å². The number of hydrogen-bond donors (Lipinski definition) is 1. The molecular formula is C12H16ClN. The van der Waals surface area contributed by atoms with Crippen LogP contribution < -0.4 is 5.32 Å². The summed E-state index contributed by atoms with van der Waals surface area (Å²) in [6.45, 7) is 3.14. The smallest absolute Gasteiger partial charge is 0.0450 e. The Morgan fingerprint density at radius 2 is 2.14 bits per heavy atom. The molecule has 2 heteroatoms. The Morgan fingerprint density at radius 3 is 2.79 bits per heavy atom. The monoisotopic (exact) mass is 209 g/mol. The first kappa shape index (κ1) is 10.0. The van der Waals surface area contributed by atoms with Crippen molar-refractivity contribution in [2.45, 2.75) is 32.4 Å². The zero-order valence-corrected chi connectivity index (χ0v) is 9.22. The van der Waals surface area contributed by atoms with E-state index in [1.807, 2.05) is 18.2 Å². The van der Waals surface area contributed by atoms with E-state index in [0.29, 0.717) is 6.04 Å². The maximum absolute atomic E-state index is 6.06. The normalized spacial score (nSPS) is 18.1. The third kappa shape index (κ3) is 2.49. The zero-order chi connectivity index (χ0) is 9.97. The fraction of sp³-hybridized carbons (Fsp3) is 0.500. The van der Waals surface area contributed by atoms with Gasteiger partial charge in [-0.2, -0.15) is 0 Å². The van der Waals surface area contributed by atoms with Crippen molar-refractivity contribution in [1.29, 1.82) is 0 Å². The van der Waals surface area contributed by atoms with Crippen LogP contribution in [0.3, 0.4) is 0 Å². The average Bonchev–Trinajstić information content (AvgIpc) is 2.99. The van der Waals surface area contributed by atoms with Crippen LogP contribution in [0.1, 0.15) is 25.3 Å². The number of nitrogens with one attached hydrogen (secondary N) is 1. The highest BCUT2D eigenvalue weighted by Crippen LogP contribution is 2.32. The number of rotatable bonds is 4. The SMILES string of the molecule is CC(NCc1ccccc1Cl)C1CC1. The molecule has 0 aliphatic heterocycles. The quantitative estimate of drug-likeness (QED) is 0.803. The molecule has 1 atom stereocenters. The van der Waals surface area contributed by atoms with E-state index in [1.54, 1.807) is 0 Å². The van der Waals surface area contributed by atoms with Gasteiger partial charge < -0.3 is 5.32 Å². The van der Waals surface area contributed by atoms with Crippen molar-refractivity contribution in [1.82, 2.24) is 5.32 Å². The first-order chi connectivity index (χ1) is 6.77. The Bertz CT molecular complexity index is 307. The maximum Gasteiger partial charge on any atom is 0.0450 e. The summed E-state index contributed by atoms with van der Waals surface area (Å²) in [5.74, 6) is 0.900. The van der Waals surface area contributed by atoms with Crippen molar-refractivity contribution < 1.29 is 0 Å². The minimum atomic E-state index is 0.631. The van der Waals surface area contributed by atoms with E-state index in [0.717, 1.165) is 17.5 Å². The lowest BCUT2D eigenvalue weighted by Gasteiger charge is -2.13. The minimum Gasteiger partial charge on any atom is -0.310 e. The standard InChI is InChI=1S/C12H16ClN/c1-9(10-6-7-10)14-8-11-4-2-3-5-12(11)13/h2-5,9-10,14H,6-8H2,1H3. The van der Waals surface area contributed by atoms with Gasteiger partial charge in [-0.1, -0.05) is 29.8 Å². The van der Waals surface area contributed by atoms with Crippen LogP contribution in [0.4, 0.5) is 0 Å². The van der Waals surface area contributed by atoms with Gasteiger partial charge in [-0.05, 0) is 37.3 Å². The molecule has 0 aromatic heterocycles. The van der Waals surface area contributed by atoms with Crippen molar-refractivity contribution in [3.05, 3.63) is 34.9 Å². The highest BCUT2D eigenvalue weighted by Gasteiger charge is 2.27. The van der Waals surface area contributed by atoms with Crippen molar-refractivity contribution in [2.75, 3.05) is 0 Å². The molecule has 1 aromatic rings. The van der Waals surface area contributed by atoms with Crippen LogP contribution in [-0.4, -0.2) is 6.04 Å². The fourth-order valence-electron chi connectivity index (χ4n) is 1.68. The second-order valence-electron chi connectivity index (χ2n) is 4.10. The summed E-state index contributed by atoms with van der Waals surface area (Å²) >= 11 is 6.06. The van der Waals surface area contributed by atoms with Crippen molar-refractivity contribution in [2.24, 2.45) is 5.92 Å². The van der Waals surface area contributed by atoms with E-state index in [1.165, 1.54) is 18.4 Å². The van der Waals surface area contributed by atoms with Crippen molar-refractivity contribution in [3.8, 4) is 0 Å². The fourth-order valence-corrected chi connectivity index (χ4v) is 1.88. The van der Waals surface area contributed by atoms with Crippen LogP contribution in [0.15, 0.2) is 24.3 Å². The lowest BCUT2D eigenvalue weighted by atomic mass is 10.2. The van der Waals surface area contributed by atoms with Gasteiger partial charge in [0.2, 0.25) is 0 Å².